The molecule has 24 heavy (non-hydrogen) atoms. The van der Waals surface area contributed by atoms with Crippen molar-refractivity contribution in [2.24, 2.45) is 5.41 Å². The zero-order chi connectivity index (χ0) is 17.7. The third-order valence-corrected chi connectivity index (χ3v) is 3.86. The zero-order valence-electron chi connectivity index (χ0n) is 14.0. The summed E-state index contributed by atoms with van der Waals surface area (Å²) in [7, 11) is 0. The van der Waals surface area contributed by atoms with Crippen molar-refractivity contribution in [2.45, 2.75) is 27.2 Å². The number of rotatable bonds is 5. The van der Waals surface area contributed by atoms with Crippen molar-refractivity contribution < 1.29 is 14.0 Å². The number of hydrogen-bond acceptors (Lipinski definition) is 2. The lowest BCUT2D eigenvalue weighted by atomic mass is 9.90. The molecular formula is C19H21FN2O2. The number of benzene rings is 2. The molecule has 0 atom stereocenters. The van der Waals surface area contributed by atoms with Crippen molar-refractivity contribution in [3.63, 3.8) is 0 Å². The van der Waals surface area contributed by atoms with Crippen LogP contribution in [0.4, 0.5) is 15.8 Å². The van der Waals surface area contributed by atoms with Crippen LogP contribution in [0.1, 0.15) is 26.3 Å². The quantitative estimate of drug-likeness (QED) is 0.815. The molecule has 0 heterocycles. The summed E-state index contributed by atoms with van der Waals surface area (Å²) < 4.78 is 13.2. The molecule has 0 spiro atoms. The molecule has 0 saturated heterocycles. The summed E-state index contributed by atoms with van der Waals surface area (Å²) in [5, 5.41) is 5.38. The van der Waals surface area contributed by atoms with Gasteiger partial charge in [0.1, 0.15) is 11.2 Å². The van der Waals surface area contributed by atoms with Crippen LogP contribution in [-0.2, 0) is 16.0 Å². The highest BCUT2D eigenvalue weighted by atomic mass is 19.1. The summed E-state index contributed by atoms with van der Waals surface area (Å²) in [6, 6.07) is 13.0. The number of carbonyl (C=O) groups excluding carboxylic acids is 2. The predicted octanol–water partition coefficient (Wildman–Crippen LogP) is 3.99. The first-order valence-electron chi connectivity index (χ1n) is 7.81. The van der Waals surface area contributed by atoms with E-state index in [2.05, 4.69) is 10.6 Å². The summed E-state index contributed by atoms with van der Waals surface area (Å²) in [6.45, 7) is 5.06. The van der Waals surface area contributed by atoms with Crippen LogP contribution in [0.25, 0.3) is 0 Å². The molecule has 0 aliphatic carbocycles. The minimum atomic E-state index is -1.31. The lowest BCUT2D eigenvalue weighted by molar-refractivity contribution is -0.135. The summed E-state index contributed by atoms with van der Waals surface area (Å²) >= 11 is 0. The minimum absolute atomic E-state index is 0.315. The minimum Gasteiger partial charge on any atom is -0.325 e. The van der Waals surface area contributed by atoms with Crippen molar-refractivity contribution in [1.82, 2.24) is 0 Å². The van der Waals surface area contributed by atoms with E-state index >= 15 is 0 Å². The van der Waals surface area contributed by atoms with Crippen molar-refractivity contribution in [3.05, 3.63) is 59.9 Å². The van der Waals surface area contributed by atoms with Crippen LogP contribution in [0.2, 0.25) is 0 Å². The smallest absolute Gasteiger partial charge is 0.239 e. The van der Waals surface area contributed by atoms with E-state index in [1.54, 1.807) is 12.1 Å². The number of aryl methyl sites for hydroxylation is 1. The molecule has 126 valence electrons. The first-order chi connectivity index (χ1) is 11.3. The Balaban J connectivity index is 2.13. The molecule has 2 aromatic rings. The van der Waals surface area contributed by atoms with E-state index in [1.165, 1.54) is 32.0 Å². The van der Waals surface area contributed by atoms with E-state index in [1.807, 2.05) is 25.1 Å². The molecule has 5 heteroatoms. The van der Waals surface area contributed by atoms with Gasteiger partial charge < -0.3 is 10.6 Å². The van der Waals surface area contributed by atoms with Crippen molar-refractivity contribution in [1.29, 1.82) is 0 Å². The van der Waals surface area contributed by atoms with Gasteiger partial charge in [-0.1, -0.05) is 31.2 Å². The SMILES string of the molecule is CCc1ccccc1NC(=O)C(C)(C)C(=O)Nc1cccc(F)c1. The Bertz CT molecular complexity index is 757. The molecule has 0 aliphatic rings. The number of hydrogen-bond donors (Lipinski definition) is 2. The van der Waals surface area contributed by atoms with Crippen LogP contribution >= 0.6 is 0 Å². The molecular weight excluding hydrogens is 307 g/mol. The maximum Gasteiger partial charge on any atom is 0.239 e. The maximum absolute atomic E-state index is 13.2. The third kappa shape index (κ3) is 3.98. The topological polar surface area (TPSA) is 58.2 Å². The van der Waals surface area contributed by atoms with Crippen LogP contribution in [-0.4, -0.2) is 11.8 Å². The second-order valence-electron chi connectivity index (χ2n) is 6.05. The zero-order valence-corrected chi connectivity index (χ0v) is 14.0. The number of carbonyl (C=O) groups is 2. The van der Waals surface area contributed by atoms with Crippen molar-refractivity contribution >= 4 is 23.2 Å². The normalized spacial score (nSPS) is 11.0. The van der Waals surface area contributed by atoms with E-state index in [4.69, 9.17) is 0 Å². The maximum atomic E-state index is 13.2. The molecule has 2 aromatic carbocycles. The molecule has 0 aromatic heterocycles. The Labute approximate surface area is 141 Å². The predicted molar refractivity (Wildman–Crippen MR) is 93.3 cm³/mol. The monoisotopic (exact) mass is 328 g/mol. The van der Waals surface area contributed by atoms with Gasteiger partial charge in [0.2, 0.25) is 11.8 Å². The van der Waals surface area contributed by atoms with Gasteiger partial charge >= 0.3 is 0 Å². The summed E-state index contributed by atoms with van der Waals surface area (Å²) in [4.78, 5) is 25.0. The Kier molecular flexibility index (Phi) is 5.34. The van der Waals surface area contributed by atoms with Gasteiger partial charge in [-0.3, -0.25) is 9.59 Å². The van der Waals surface area contributed by atoms with E-state index in [0.717, 1.165) is 12.0 Å². The molecule has 4 nitrogen and oxygen atoms in total. The van der Waals surface area contributed by atoms with Crippen LogP contribution in [0.5, 0.6) is 0 Å². The van der Waals surface area contributed by atoms with Gasteiger partial charge in [-0.15, -0.1) is 0 Å². The molecule has 2 N–H and O–H groups in total. The number of amides is 2. The average Bonchev–Trinajstić information content (AvgIpc) is 2.55. The molecule has 0 bridgehead atoms. The average molecular weight is 328 g/mol. The number of anilines is 2. The van der Waals surface area contributed by atoms with Gasteiger partial charge in [-0.05, 0) is 50.1 Å². The van der Waals surface area contributed by atoms with Crippen molar-refractivity contribution in [2.75, 3.05) is 10.6 Å². The van der Waals surface area contributed by atoms with Crippen LogP contribution < -0.4 is 10.6 Å². The summed E-state index contributed by atoms with van der Waals surface area (Å²) in [5.74, 6) is -1.37. The third-order valence-electron chi connectivity index (χ3n) is 3.86. The second kappa shape index (κ2) is 7.25. The van der Waals surface area contributed by atoms with Gasteiger partial charge in [0.15, 0.2) is 0 Å². The lowest BCUT2D eigenvalue weighted by Crippen LogP contribution is -2.41. The molecule has 2 amide bonds. The van der Waals surface area contributed by atoms with Crippen LogP contribution in [0.3, 0.4) is 0 Å². The number of para-hydroxylation sites is 1. The molecule has 0 unspecified atom stereocenters. The Hall–Kier alpha value is -2.69. The molecule has 0 radical (unpaired) electrons. The molecule has 0 fully saturated rings. The van der Waals surface area contributed by atoms with Gasteiger partial charge in [0.05, 0.1) is 0 Å². The van der Waals surface area contributed by atoms with Crippen LogP contribution in [0.15, 0.2) is 48.5 Å². The fourth-order valence-corrected chi connectivity index (χ4v) is 2.19. The highest BCUT2D eigenvalue weighted by molar-refractivity contribution is 6.14. The summed E-state index contributed by atoms with van der Waals surface area (Å²) in [6.07, 6.45) is 0.770. The number of nitrogens with one attached hydrogen (secondary N) is 2. The largest absolute Gasteiger partial charge is 0.325 e. The van der Waals surface area contributed by atoms with Gasteiger partial charge in [-0.25, -0.2) is 4.39 Å². The van der Waals surface area contributed by atoms with E-state index in [9.17, 15) is 14.0 Å². The standard InChI is InChI=1S/C19H21FN2O2/c1-4-13-8-5-6-11-16(13)22-18(24)19(2,3)17(23)21-15-10-7-9-14(20)12-15/h5-12H,4H2,1-3H3,(H,21,23)(H,22,24). The van der Waals surface area contributed by atoms with Gasteiger partial charge in [0, 0.05) is 11.4 Å². The first-order valence-corrected chi connectivity index (χ1v) is 7.81. The highest BCUT2D eigenvalue weighted by Crippen LogP contribution is 2.23. The molecule has 0 aliphatic heterocycles. The molecule has 2 rings (SSSR count). The second-order valence-corrected chi connectivity index (χ2v) is 6.05. The van der Waals surface area contributed by atoms with E-state index in [0.29, 0.717) is 11.4 Å². The van der Waals surface area contributed by atoms with Crippen molar-refractivity contribution in [3.8, 4) is 0 Å². The fraction of sp³-hybridized carbons (Fsp3) is 0.263. The molecule has 0 saturated carbocycles. The Morgan fingerprint density at radius 3 is 2.33 bits per heavy atom. The van der Waals surface area contributed by atoms with E-state index < -0.39 is 23.0 Å². The summed E-state index contributed by atoms with van der Waals surface area (Å²) in [5.41, 5.74) is 0.686. The first kappa shape index (κ1) is 17.7. The van der Waals surface area contributed by atoms with Gasteiger partial charge in [-0.2, -0.15) is 0 Å². The van der Waals surface area contributed by atoms with Gasteiger partial charge in [0.25, 0.3) is 0 Å². The highest BCUT2D eigenvalue weighted by Gasteiger charge is 2.36. The Morgan fingerprint density at radius 2 is 1.67 bits per heavy atom. The Morgan fingerprint density at radius 1 is 1.00 bits per heavy atom. The van der Waals surface area contributed by atoms with E-state index in [-0.39, 0.29) is 0 Å². The fourth-order valence-electron chi connectivity index (χ4n) is 2.19. The van der Waals surface area contributed by atoms with Crippen LogP contribution in [0, 0.1) is 11.2 Å². The number of halogens is 1. The lowest BCUT2D eigenvalue weighted by Gasteiger charge is -2.23.